The highest BCUT2D eigenvalue weighted by atomic mass is 14.6. The van der Waals surface area contributed by atoms with Crippen molar-refractivity contribution in [2.75, 3.05) is 5.73 Å². The fraction of sp³-hybridized carbons (Fsp3) is 0.250. The first kappa shape index (κ1) is 11.7. The number of rotatable bonds is 1. The summed E-state index contributed by atoms with van der Waals surface area (Å²) in [7, 11) is 0. The maximum Gasteiger partial charge on any atom is 0.0393 e. The lowest BCUT2D eigenvalue weighted by atomic mass is 9.90. The number of hydrogen-bond donors (Lipinski definition) is 1. The second-order valence-corrected chi connectivity index (χ2v) is 4.70. The summed E-state index contributed by atoms with van der Waals surface area (Å²) < 4.78 is 0. The van der Waals surface area contributed by atoms with Gasteiger partial charge in [0.15, 0.2) is 0 Å². The van der Waals surface area contributed by atoms with Gasteiger partial charge in [-0.1, -0.05) is 24.3 Å². The van der Waals surface area contributed by atoms with Crippen LogP contribution < -0.4 is 5.73 Å². The zero-order valence-electron chi connectivity index (χ0n) is 11.0. The second kappa shape index (κ2) is 4.25. The number of aryl methyl sites for hydroxylation is 1. The maximum absolute atomic E-state index is 6.06. The van der Waals surface area contributed by atoms with E-state index in [0.29, 0.717) is 0 Å². The van der Waals surface area contributed by atoms with E-state index >= 15 is 0 Å². The first-order valence-electron chi connectivity index (χ1n) is 5.94. The average Bonchev–Trinajstić information content (AvgIpc) is 2.32. The van der Waals surface area contributed by atoms with E-state index in [4.69, 9.17) is 5.73 Å². The predicted octanol–water partition coefficient (Wildman–Crippen LogP) is 4.17. The van der Waals surface area contributed by atoms with E-state index in [2.05, 4.69) is 39.8 Å². The topological polar surface area (TPSA) is 26.0 Å². The normalized spacial score (nSPS) is 10.6. The van der Waals surface area contributed by atoms with Crippen LogP contribution >= 0.6 is 0 Å². The molecule has 2 rings (SSSR count). The van der Waals surface area contributed by atoms with Gasteiger partial charge in [-0.15, -0.1) is 0 Å². The van der Waals surface area contributed by atoms with Crippen LogP contribution in [0.3, 0.4) is 0 Å². The number of nitrogen functional groups attached to an aromatic ring is 1. The van der Waals surface area contributed by atoms with Gasteiger partial charge < -0.3 is 5.73 Å². The number of nitrogens with two attached hydrogens (primary N) is 1. The van der Waals surface area contributed by atoms with Crippen LogP contribution in [-0.4, -0.2) is 0 Å². The molecule has 0 radical (unpaired) electrons. The first-order valence-corrected chi connectivity index (χ1v) is 5.94. The van der Waals surface area contributed by atoms with E-state index in [9.17, 15) is 0 Å². The quantitative estimate of drug-likeness (QED) is 0.724. The second-order valence-electron chi connectivity index (χ2n) is 4.70. The van der Waals surface area contributed by atoms with Gasteiger partial charge in [0.25, 0.3) is 0 Å². The molecule has 88 valence electrons. The van der Waals surface area contributed by atoms with Gasteiger partial charge in [-0.05, 0) is 61.6 Å². The van der Waals surface area contributed by atoms with Gasteiger partial charge in [-0.2, -0.15) is 0 Å². The lowest BCUT2D eigenvalue weighted by Gasteiger charge is -2.15. The monoisotopic (exact) mass is 225 g/mol. The molecule has 0 spiro atoms. The molecule has 0 atom stereocenters. The fourth-order valence-electron chi connectivity index (χ4n) is 2.23. The molecule has 17 heavy (non-hydrogen) atoms. The molecule has 0 bridgehead atoms. The van der Waals surface area contributed by atoms with Crippen molar-refractivity contribution in [3.05, 3.63) is 52.6 Å². The van der Waals surface area contributed by atoms with Crippen molar-refractivity contribution in [1.29, 1.82) is 0 Å². The van der Waals surface area contributed by atoms with Gasteiger partial charge >= 0.3 is 0 Å². The summed E-state index contributed by atoms with van der Waals surface area (Å²) >= 11 is 0. The predicted molar refractivity (Wildman–Crippen MR) is 75.2 cm³/mol. The summed E-state index contributed by atoms with van der Waals surface area (Å²) in [4.78, 5) is 0. The average molecular weight is 225 g/mol. The number of anilines is 1. The Labute approximate surface area is 103 Å². The van der Waals surface area contributed by atoms with Crippen molar-refractivity contribution in [1.82, 2.24) is 0 Å². The molecule has 0 heterocycles. The number of para-hydroxylation sites is 1. The van der Waals surface area contributed by atoms with Gasteiger partial charge in [0.2, 0.25) is 0 Å². The molecule has 2 aromatic carbocycles. The molecule has 0 amide bonds. The Morgan fingerprint density at radius 2 is 1.41 bits per heavy atom. The van der Waals surface area contributed by atoms with E-state index in [1.165, 1.54) is 27.8 Å². The Morgan fingerprint density at radius 1 is 0.765 bits per heavy atom. The van der Waals surface area contributed by atoms with Crippen LogP contribution in [0.1, 0.15) is 22.3 Å². The molecule has 0 saturated heterocycles. The van der Waals surface area contributed by atoms with Crippen LogP contribution in [0.15, 0.2) is 30.3 Å². The Bertz CT molecular complexity index is 568. The summed E-state index contributed by atoms with van der Waals surface area (Å²) in [5.41, 5.74) is 14.7. The third-order valence-corrected chi connectivity index (χ3v) is 3.73. The first-order chi connectivity index (χ1) is 8.02. The van der Waals surface area contributed by atoms with Crippen molar-refractivity contribution in [3.63, 3.8) is 0 Å². The van der Waals surface area contributed by atoms with Crippen LogP contribution in [0, 0.1) is 27.7 Å². The van der Waals surface area contributed by atoms with Crippen molar-refractivity contribution < 1.29 is 0 Å². The van der Waals surface area contributed by atoms with E-state index in [-0.39, 0.29) is 0 Å². The molecule has 0 aromatic heterocycles. The third kappa shape index (κ3) is 1.93. The SMILES string of the molecule is Cc1cc(-c2ccccc2N)c(C)c(C)c1C. The van der Waals surface area contributed by atoms with Gasteiger partial charge in [0, 0.05) is 11.3 Å². The van der Waals surface area contributed by atoms with E-state index < -0.39 is 0 Å². The minimum atomic E-state index is 0.846. The Hall–Kier alpha value is -1.76. The van der Waals surface area contributed by atoms with Crippen molar-refractivity contribution in [3.8, 4) is 11.1 Å². The van der Waals surface area contributed by atoms with Gasteiger partial charge in [0.1, 0.15) is 0 Å². The van der Waals surface area contributed by atoms with Crippen LogP contribution in [0.5, 0.6) is 0 Å². The Kier molecular flexibility index (Phi) is 2.93. The molecule has 0 aliphatic heterocycles. The molecular weight excluding hydrogens is 206 g/mol. The Morgan fingerprint density at radius 3 is 2.06 bits per heavy atom. The van der Waals surface area contributed by atoms with Crippen molar-refractivity contribution in [2.24, 2.45) is 0 Å². The molecule has 0 fully saturated rings. The molecular formula is C16H19N. The highest BCUT2D eigenvalue weighted by Crippen LogP contribution is 2.32. The van der Waals surface area contributed by atoms with E-state index in [1.54, 1.807) is 0 Å². The molecule has 1 heteroatoms. The highest BCUT2D eigenvalue weighted by molar-refractivity contribution is 5.79. The minimum Gasteiger partial charge on any atom is -0.398 e. The zero-order valence-corrected chi connectivity index (χ0v) is 11.0. The minimum absolute atomic E-state index is 0.846. The molecule has 0 aliphatic rings. The van der Waals surface area contributed by atoms with Gasteiger partial charge in [-0.25, -0.2) is 0 Å². The van der Waals surface area contributed by atoms with Gasteiger partial charge in [-0.3, -0.25) is 0 Å². The smallest absolute Gasteiger partial charge is 0.0393 e. The third-order valence-electron chi connectivity index (χ3n) is 3.73. The molecule has 0 unspecified atom stereocenters. The number of benzene rings is 2. The lowest BCUT2D eigenvalue weighted by molar-refractivity contribution is 1.22. The highest BCUT2D eigenvalue weighted by Gasteiger charge is 2.10. The summed E-state index contributed by atoms with van der Waals surface area (Å²) in [6.07, 6.45) is 0. The fourth-order valence-corrected chi connectivity index (χ4v) is 2.23. The number of hydrogen-bond acceptors (Lipinski definition) is 1. The van der Waals surface area contributed by atoms with Crippen molar-refractivity contribution >= 4 is 5.69 Å². The Balaban J connectivity index is 2.73. The standard InChI is InChI=1S/C16H19N/c1-10-9-15(13(4)12(3)11(10)2)14-7-5-6-8-16(14)17/h5-9H,17H2,1-4H3. The molecule has 2 N–H and O–H groups in total. The zero-order chi connectivity index (χ0) is 12.6. The van der Waals surface area contributed by atoms with Gasteiger partial charge in [0.05, 0.1) is 0 Å². The molecule has 1 nitrogen and oxygen atoms in total. The van der Waals surface area contributed by atoms with E-state index in [1.807, 2.05) is 18.2 Å². The summed E-state index contributed by atoms with van der Waals surface area (Å²) in [5, 5.41) is 0. The maximum atomic E-state index is 6.06. The van der Waals surface area contributed by atoms with Crippen LogP contribution in [0.25, 0.3) is 11.1 Å². The summed E-state index contributed by atoms with van der Waals surface area (Å²) in [6.45, 7) is 8.68. The summed E-state index contributed by atoms with van der Waals surface area (Å²) in [6, 6.07) is 10.3. The van der Waals surface area contributed by atoms with Crippen molar-refractivity contribution in [2.45, 2.75) is 27.7 Å². The molecule has 0 aliphatic carbocycles. The summed E-state index contributed by atoms with van der Waals surface area (Å²) in [5.74, 6) is 0. The van der Waals surface area contributed by atoms with Crippen LogP contribution in [0.2, 0.25) is 0 Å². The van der Waals surface area contributed by atoms with Crippen LogP contribution in [0.4, 0.5) is 5.69 Å². The lowest BCUT2D eigenvalue weighted by Crippen LogP contribution is -1.97. The molecule has 0 saturated carbocycles. The molecule has 2 aromatic rings. The van der Waals surface area contributed by atoms with Crippen LogP contribution in [-0.2, 0) is 0 Å². The largest absolute Gasteiger partial charge is 0.398 e. The van der Waals surface area contributed by atoms with E-state index in [0.717, 1.165) is 11.3 Å².